The number of rotatable bonds is 7. The third-order valence-corrected chi connectivity index (χ3v) is 3.04. The van der Waals surface area contributed by atoms with E-state index >= 15 is 0 Å². The lowest BCUT2D eigenvalue weighted by atomic mass is 10.2. The van der Waals surface area contributed by atoms with Crippen LogP contribution >= 0.6 is 0 Å². The van der Waals surface area contributed by atoms with Crippen LogP contribution in [0.25, 0.3) is 0 Å². The Bertz CT molecular complexity index is 655. The Labute approximate surface area is 136 Å². The van der Waals surface area contributed by atoms with Crippen molar-refractivity contribution in [2.45, 2.75) is 20.8 Å². The molecule has 3 N–H and O–H groups in total. The van der Waals surface area contributed by atoms with E-state index in [9.17, 15) is 4.79 Å². The van der Waals surface area contributed by atoms with Gasteiger partial charge in [0.25, 0.3) is 5.91 Å². The molecule has 6 nitrogen and oxygen atoms in total. The van der Waals surface area contributed by atoms with Crippen molar-refractivity contribution in [3.8, 4) is 0 Å². The van der Waals surface area contributed by atoms with Crippen LogP contribution in [0.1, 0.15) is 28.5 Å². The van der Waals surface area contributed by atoms with Crippen LogP contribution in [0.3, 0.4) is 0 Å². The molecule has 0 aliphatic carbocycles. The molecule has 0 aliphatic rings. The highest BCUT2D eigenvalue weighted by Gasteiger charge is 2.04. The SMILES string of the molecule is CCNc1nc(C)cc(NCCNC(=O)c2c#cc(C)cc2)n1. The molecule has 23 heavy (non-hydrogen) atoms. The molecule has 0 saturated carbocycles. The van der Waals surface area contributed by atoms with Gasteiger partial charge in [-0.1, -0.05) is 12.1 Å². The molecule has 120 valence electrons. The summed E-state index contributed by atoms with van der Waals surface area (Å²) in [6.07, 6.45) is 0. The van der Waals surface area contributed by atoms with Crippen LogP contribution in [-0.4, -0.2) is 35.5 Å². The zero-order chi connectivity index (χ0) is 16.7. The molecule has 2 aromatic rings. The van der Waals surface area contributed by atoms with E-state index in [0.29, 0.717) is 24.6 Å². The second-order valence-corrected chi connectivity index (χ2v) is 5.11. The zero-order valence-electron chi connectivity index (χ0n) is 13.7. The van der Waals surface area contributed by atoms with E-state index in [2.05, 4.69) is 38.1 Å². The van der Waals surface area contributed by atoms with Crippen molar-refractivity contribution in [3.63, 3.8) is 0 Å². The fraction of sp³-hybridized carbons (Fsp3) is 0.353. The summed E-state index contributed by atoms with van der Waals surface area (Å²) in [4.78, 5) is 20.6. The third kappa shape index (κ3) is 5.15. The molecule has 6 heteroatoms. The monoisotopic (exact) mass is 311 g/mol. The molecule has 1 aromatic heterocycles. The number of aromatic nitrogens is 2. The van der Waals surface area contributed by atoms with Crippen LogP contribution in [0.4, 0.5) is 11.8 Å². The second-order valence-electron chi connectivity index (χ2n) is 5.11. The maximum absolute atomic E-state index is 11.9. The van der Waals surface area contributed by atoms with Crippen molar-refractivity contribution < 1.29 is 4.79 Å². The molecule has 0 fully saturated rings. The topological polar surface area (TPSA) is 78.9 Å². The summed E-state index contributed by atoms with van der Waals surface area (Å²) in [5.41, 5.74) is 2.33. The van der Waals surface area contributed by atoms with Gasteiger partial charge in [0.2, 0.25) is 5.95 Å². The Morgan fingerprint density at radius 2 is 1.96 bits per heavy atom. The summed E-state index contributed by atoms with van der Waals surface area (Å²) >= 11 is 0. The van der Waals surface area contributed by atoms with Gasteiger partial charge in [-0.05, 0) is 38.5 Å². The van der Waals surface area contributed by atoms with E-state index in [1.165, 1.54) is 0 Å². The summed E-state index contributed by atoms with van der Waals surface area (Å²) in [7, 11) is 0. The Morgan fingerprint density at radius 3 is 2.65 bits per heavy atom. The highest BCUT2D eigenvalue weighted by molar-refractivity contribution is 5.93. The van der Waals surface area contributed by atoms with E-state index in [1.54, 1.807) is 6.07 Å². The van der Waals surface area contributed by atoms with Crippen LogP contribution in [0, 0.1) is 26.0 Å². The predicted molar refractivity (Wildman–Crippen MR) is 90.6 cm³/mol. The van der Waals surface area contributed by atoms with Crippen molar-refractivity contribution >= 4 is 17.7 Å². The minimum atomic E-state index is -0.157. The lowest BCUT2D eigenvalue weighted by Crippen LogP contribution is -2.28. The van der Waals surface area contributed by atoms with E-state index in [-0.39, 0.29) is 5.91 Å². The van der Waals surface area contributed by atoms with Crippen molar-refractivity contribution in [2.24, 2.45) is 0 Å². The number of aryl methyl sites for hydroxylation is 2. The fourth-order valence-corrected chi connectivity index (χ4v) is 1.95. The van der Waals surface area contributed by atoms with E-state index in [0.717, 1.165) is 23.6 Å². The largest absolute Gasteiger partial charge is 0.368 e. The van der Waals surface area contributed by atoms with Gasteiger partial charge in [-0.15, -0.1) is 0 Å². The third-order valence-electron chi connectivity index (χ3n) is 3.04. The minimum absolute atomic E-state index is 0.157. The number of carbonyl (C=O) groups is 1. The van der Waals surface area contributed by atoms with Crippen molar-refractivity contribution in [1.29, 1.82) is 0 Å². The molecular weight excluding hydrogens is 290 g/mol. The number of anilines is 2. The molecule has 1 heterocycles. The van der Waals surface area contributed by atoms with Gasteiger partial charge in [0, 0.05) is 31.4 Å². The molecule has 1 amide bonds. The van der Waals surface area contributed by atoms with E-state index in [4.69, 9.17) is 0 Å². The van der Waals surface area contributed by atoms with Crippen LogP contribution in [-0.2, 0) is 0 Å². The van der Waals surface area contributed by atoms with Crippen LogP contribution in [0.5, 0.6) is 0 Å². The van der Waals surface area contributed by atoms with Crippen molar-refractivity contribution in [2.75, 3.05) is 30.3 Å². The Hall–Kier alpha value is -2.81. The predicted octanol–water partition coefficient (Wildman–Crippen LogP) is 1.97. The number of hydrogen-bond acceptors (Lipinski definition) is 5. The second kappa shape index (κ2) is 7.99. The highest BCUT2D eigenvalue weighted by Crippen LogP contribution is 2.08. The quantitative estimate of drug-likeness (QED) is 0.681. The number of nitrogens with one attached hydrogen (secondary N) is 3. The number of hydrogen-bond donors (Lipinski definition) is 3. The van der Waals surface area contributed by atoms with Gasteiger partial charge in [-0.2, -0.15) is 4.98 Å². The minimum Gasteiger partial charge on any atom is -0.368 e. The molecule has 0 spiro atoms. The van der Waals surface area contributed by atoms with Gasteiger partial charge in [0.1, 0.15) is 5.82 Å². The van der Waals surface area contributed by atoms with Gasteiger partial charge >= 0.3 is 0 Å². The summed E-state index contributed by atoms with van der Waals surface area (Å²) < 4.78 is 0. The first-order chi connectivity index (χ1) is 11.1. The van der Waals surface area contributed by atoms with E-state index in [1.807, 2.05) is 32.9 Å². The molecule has 0 unspecified atom stereocenters. The average molecular weight is 311 g/mol. The first-order valence-electron chi connectivity index (χ1n) is 7.60. The molecule has 1 aromatic carbocycles. The maximum atomic E-state index is 11.9. The van der Waals surface area contributed by atoms with Crippen LogP contribution in [0.2, 0.25) is 0 Å². The lowest BCUT2D eigenvalue weighted by molar-refractivity contribution is 0.0955. The van der Waals surface area contributed by atoms with Crippen molar-refractivity contribution in [3.05, 3.63) is 47.2 Å². The Morgan fingerprint density at radius 1 is 1.13 bits per heavy atom. The van der Waals surface area contributed by atoms with Gasteiger partial charge in [0.05, 0.1) is 5.56 Å². The Kier molecular flexibility index (Phi) is 5.75. The summed E-state index contributed by atoms with van der Waals surface area (Å²) in [5, 5.41) is 9.09. The zero-order valence-corrected chi connectivity index (χ0v) is 13.7. The number of carbonyl (C=O) groups excluding carboxylic acids is 1. The van der Waals surface area contributed by atoms with Gasteiger partial charge < -0.3 is 16.0 Å². The van der Waals surface area contributed by atoms with Crippen molar-refractivity contribution in [1.82, 2.24) is 15.3 Å². The van der Waals surface area contributed by atoms with Gasteiger partial charge in [-0.25, -0.2) is 4.98 Å². The normalized spacial score (nSPS) is 9.87. The average Bonchev–Trinajstić information content (AvgIpc) is 2.52. The molecule has 0 aliphatic heterocycles. The number of nitrogens with zero attached hydrogens (tertiary/aromatic N) is 2. The highest BCUT2D eigenvalue weighted by atomic mass is 16.1. The summed E-state index contributed by atoms with van der Waals surface area (Å²) in [5.74, 6) is 1.18. The fourth-order valence-electron chi connectivity index (χ4n) is 1.95. The molecule has 0 radical (unpaired) electrons. The van der Waals surface area contributed by atoms with Crippen LogP contribution in [0.15, 0.2) is 18.2 Å². The molecule has 0 bridgehead atoms. The molecular formula is C17H21N5O. The molecule has 0 saturated heterocycles. The standard InChI is InChI=1S/C17H21N5O/c1-4-18-17-21-13(3)11-15(22-17)19-9-10-20-16(23)14-7-5-12(2)6-8-14/h5,7,11H,4,9-10H2,1-3H3,(H,20,23)(H2,18,19,21,22). The summed E-state index contributed by atoms with van der Waals surface area (Å²) in [6, 6.07) is 11.2. The van der Waals surface area contributed by atoms with Gasteiger partial charge in [0.15, 0.2) is 0 Å². The number of amides is 1. The first-order valence-corrected chi connectivity index (χ1v) is 7.60. The first kappa shape index (κ1) is 16.6. The molecule has 0 atom stereocenters. The van der Waals surface area contributed by atoms with E-state index < -0.39 is 0 Å². The van der Waals surface area contributed by atoms with Crippen LogP contribution < -0.4 is 16.0 Å². The smallest absolute Gasteiger partial charge is 0.259 e. The summed E-state index contributed by atoms with van der Waals surface area (Å²) in [6.45, 7) is 7.65. The maximum Gasteiger partial charge on any atom is 0.259 e. The molecule has 2 rings (SSSR count). The Balaban J connectivity index is 1.81. The lowest BCUT2D eigenvalue weighted by Gasteiger charge is -2.09. The van der Waals surface area contributed by atoms with Gasteiger partial charge in [-0.3, -0.25) is 4.79 Å².